The summed E-state index contributed by atoms with van der Waals surface area (Å²) in [6.45, 7) is -0.692. The fourth-order valence-corrected chi connectivity index (χ4v) is 3.07. The van der Waals surface area contributed by atoms with Gasteiger partial charge in [0.2, 0.25) is 10.0 Å². The van der Waals surface area contributed by atoms with E-state index >= 15 is 0 Å². The van der Waals surface area contributed by atoms with Crippen LogP contribution in [0.15, 0.2) is 53.6 Å². The van der Waals surface area contributed by atoms with Crippen LogP contribution in [0, 0.1) is 5.82 Å². The molecule has 0 saturated carbocycles. The molecule has 0 aromatic heterocycles. The van der Waals surface area contributed by atoms with Crippen molar-refractivity contribution < 1.29 is 30.8 Å². The van der Waals surface area contributed by atoms with Crippen molar-refractivity contribution in [3.63, 3.8) is 0 Å². The Labute approximate surface area is 158 Å². The summed E-state index contributed by atoms with van der Waals surface area (Å²) in [7, 11) is -3.88. The van der Waals surface area contributed by atoms with Crippen molar-refractivity contribution in [2.75, 3.05) is 17.1 Å². The summed E-state index contributed by atoms with van der Waals surface area (Å²) in [4.78, 5) is 12.0. The Hall–Kier alpha value is -2.95. The molecule has 0 aliphatic rings. The summed E-state index contributed by atoms with van der Waals surface area (Å²) >= 11 is 0. The molecular weight excluding hydrogens is 402 g/mol. The molecule has 0 radical (unpaired) electrons. The van der Waals surface area contributed by atoms with Crippen LogP contribution in [-0.2, 0) is 21.0 Å². The second-order valence-corrected chi connectivity index (χ2v) is 7.53. The molecule has 1 amide bonds. The predicted molar refractivity (Wildman–Crippen MR) is 95.8 cm³/mol. The number of nitrogens with one attached hydrogen (secondary N) is 1. The zero-order chi connectivity index (χ0) is 20.9. The van der Waals surface area contributed by atoms with Crippen molar-refractivity contribution >= 4 is 27.8 Å². The number of halogens is 4. The third-order valence-corrected chi connectivity index (χ3v) is 4.60. The molecule has 11 heteroatoms. The van der Waals surface area contributed by atoms with Crippen LogP contribution < -0.4 is 9.73 Å². The number of hydrogen-bond acceptors (Lipinski definition) is 4. The molecule has 0 aliphatic carbocycles. The Balaban J connectivity index is 2.12. The second kappa shape index (κ2) is 8.38. The maximum Gasteiger partial charge on any atom is 0.417 e. The van der Waals surface area contributed by atoms with Gasteiger partial charge < -0.3 is 0 Å². The number of rotatable bonds is 6. The lowest BCUT2D eigenvalue weighted by molar-refractivity contribution is -0.137. The molecule has 1 N–H and O–H groups in total. The van der Waals surface area contributed by atoms with E-state index in [2.05, 4.69) is 5.10 Å². The first-order valence-electron chi connectivity index (χ1n) is 7.70. The lowest BCUT2D eigenvalue weighted by Gasteiger charge is -2.21. The number of hydrogen-bond donors (Lipinski definition) is 1. The first-order chi connectivity index (χ1) is 13.0. The standard InChI is InChI=1S/C17H15F4N3O3S/c1-28(26,27)24(14-8-6-13(18)7-9-14)11-16(25)23-22-10-12-4-2-3-5-15(12)17(19,20)21/h2-10H,11H2,1H3,(H,23,25)/b22-10-. The molecule has 0 saturated heterocycles. The molecule has 28 heavy (non-hydrogen) atoms. The zero-order valence-corrected chi connectivity index (χ0v) is 15.3. The molecule has 0 spiro atoms. The molecule has 2 aromatic carbocycles. The van der Waals surface area contributed by atoms with Gasteiger partial charge in [-0.3, -0.25) is 9.10 Å². The number of carbonyl (C=O) groups excluding carboxylic acids is 1. The molecular formula is C17H15F4N3O3S. The van der Waals surface area contributed by atoms with Crippen LogP contribution in [0.3, 0.4) is 0 Å². The summed E-state index contributed by atoms with van der Waals surface area (Å²) in [5.41, 5.74) is 0.820. The van der Waals surface area contributed by atoms with Crippen molar-refractivity contribution in [2.24, 2.45) is 5.10 Å². The topological polar surface area (TPSA) is 78.8 Å². The Morgan fingerprint density at radius 2 is 1.75 bits per heavy atom. The highest BCUT2D eigenvalue weighted by atomic mass is 32.2. The highest BCUT2D eigenvalue weighted by Gasteiger charge is 2.32. The molecule has 0 aliphatic heterocycles. The molecule has 150 valence electrons. The third-order valence-electron chi connectivity index (χ3n) is 3.46. The Morgan fingerprint density at radius 3 is 2.32 bits per heavy atom. The fourth-order valence-electron chi connectivity index (χ4n) is 2.21. The highest BCUT2D eigenvalue weighted by Crippen LogP contribution is 2.31. The van der Waals surface area contributed by atoms with Gasteiger partial charge in [-0.15, -0.1) is 0 Å². The van der Waals surface area contributed by atoms with Gasteiger partial charge in [-0.05, 0) is 30.3 Å². The maximum atomic E-state index is 13.0. The van der Waals surface area contributed by atoms with Crippen LogP contribution in [-0.4, -0.2) is 33.3 Å². The first-order valence-corrected chi connectivity index (χ1v) is 9.55. The van der Waals surface area contributed by atoms with E-state index < -0.39 is 40.0 Å². The molecule has 0 fully saturated rings. The van der Waals surface area contributed by atoms with Crippen molar-refractivity contribution in [3.8, 4) is 0 Å². The normalized spacial score (nSPS) is 12.2. The molecule has 0 unspecified atom stereocenters. The van der Waals surface area contributed by atoms with Crippen LogP contribution >= 0.6 is 0 Å². The number of nitrogens with zero attached hydrogens (tertiary/aromatic N) is 2. The monoisotopic (exact) mass is 417 g/mol. The minimum atomic E-state index is -4.59. The van der Waals surface area contributed by atoms with E-state index in [-0.39, 0.29) is 11.3 Å². The number of carbonyl (C=O) groups is 1. The average molecular weight is 417 g/mol. The van der Waals surface area contributed by atoms with E-state index in [1.807, 2.05) is 5.43 Å². The SMILES string of the molecule is CS(=O)(=O)N(CC(=O)N/N=C\c1ccccc1C(F)(F)F)c1ccc(F)cc1. The minimum absolute atomic E-state index is 0.0467. The lowest BCUT2D eigenvalue weighted by Crippen LogP contribution is -2.39. The average Bonchev–Trinajstić information content (AvgIpc) is 2.59. The number of alkyl halides is 3. The molecule has 0 atom stereocenters. The molecule has 2 rings (SSSR count). The van der Waals surface area contributed by atoms with Gasteiger partial charge >= 0.3 is 6.18 Å². The summed E-state index contributed by atoms with van der Waals surface area (Å²) in [5, 5.41) is 3.45. The number of sulfonamides is 1. The zero-order valence-electron chi connectivity index (χ0n) is 14.4. The van der Waals surface area contributed by atoms with E-state index in [9.17, 15) is 30.8 Å². The van der Waals surface area contributed by atoms with Gasteiger partial charge in [0.15, 0.2) is 0 Å². The van der Waals surface area contributed by atoms with Gasteiger partial charge in [0.25, 0.3) is 5.91 Å². The van der Waals surface area contributed by atoms with Gasteiger partial charge in [-0.2, -0.15) is 18.3 Å². The van der Waals surface area contributed by atoms with Gasteiger partial charge in [0.1, 0.15) is 12.4 Å². The van der Waals surface area contributed by atoms with Crippen molar-refractivity contribution in [3.05, 3.63) is 65.5 Å². The lowest BCUT2D eigenvalue weighted by atomic mass is 10.1. The highest BCUT2D eigenvalue weighted by molar-refractivity contribution is 7.92. The molecule has 6 nitrogen and oxygen atoms in total. The second-order valence-electron chi connectivity index (χ2n) is 5.62. The van der Waals surface area contributed by atoms with Crippen LogP contribution in [0.4, 0.5) is 23.2 Å². The molecule has 0 bridgehead atoms. The van der Waals surface area contributed by atoms with Crippen molar-refractivity contribution in [1.82, 2.24) is 5.43 Å². The van der Waals surface area contributed by atoms with Gasteiger partial charge in [-0.1, -0.05) is 18.2 Å². The third kappa shape index (κ3) is 5.78. The van der Waals surface area contributed by atoms with Crippen molar-refractivity contribution in [2.45, 2.75) is 6.18 Å². The van der Waals surface area contributed by atoms with Gasteiger partial charge in [0, 0.05) is 5.56 Å². The Kier molecular flexibility index (Phi) is 6.39. The van der Waals surface area contributed by atoms with Crippen LogP contribution in [0.5, 0.6) is 0 Å². The Morgan fingerprint density at radius 1 is 1.14 bits per heavy atom. The molecule has 0 heterocycles. The number of hydrazone groups is 1. The largest absolute Gasteiger partial charge is 0.417 e. The van der Waals surface area contributed by atoms with Crippen LogP contribution in [0.25, 0.3) is 0 Å². The fraction of sp³-hybridized carbons (Fsp3) is 0.176. The number of anilines is 1. The summed E-state index contributed by atoms with van der Waals surface area (Å²) in [6.07, 6.45) is -2.93. The number of benzene rings is 2. The summed E-state index contributed by atoms with van der Waals surface area (Å²) in [5.74, 6) is -1.48. The van der Waals surface area contributed by atoms with Crippen LogP contribution in [0.1, 0.15) is 11.1 Å². The van der Waals surface area contributed by atoms with Crippen LogP contribution in [0.2, 0.25) is 0 Å². The van der Waals surface area contributed by atoms with E-state index in [4.69, 9.17) is 0 Å². The smallest absolute Gasteiger partial charge is 0.271 e. The number of amides is 1. The van der Waals surface area contributed by atoms with Gasteiger partial charge in [0.05, 0.1) is 23.7 Å². The first kappa shape index (κ1) is 21.4. The van der Waals surface area contributed by atoms with E-state index in [0.29, 0.717) is 4.31 Å². The van der Waals surface area contributed by atoms with E-state index in [0.717, 1.165) is 30.7 Å². The summed E-state index contributed by atoms with van der Waals surface area (Å²) < 4.78 is 76.2. The molecule has 2 aromatic rings. The minimum Gasteiger partial charge on any atom is -0.271 e. The van der Waals surface area contributed by atoms with Crippen molar-refractivity contribution in [1.29, 1.82) is 0 Å². The van der Waals surface area contributed by atoms with Gasteiger partial charge in [-0.25, -0.2) is 18.2 Å². The summed E-state index contributed by atoms with van der Waals surface area (Å²) in [6, 6.07) is 9.01. The van der Waals surface area contributed by atoms with E-state index in [1.54, 1.807) is 0 Å². The predicted octanol–water partition coefficient (Wildman–Crippen LogP) is 2.76. The Bertz CT molecular complexity index is 974. The van der Waals surface area contributed by atoms with E-state index in [1.165, 1.54) is 30.3 Å². The maximum absolute atomic E-state index is 13.0. The quantitative estimate of drug-likeness (QED) is 0.446.